The lowest BCUT2D eigenvalue weighted by molar-refractivity contribution is 0.821. The number of anilines is 1. The Kier molecular flexibility index (Phi) is 4.24. The van der Waals surface area contributed by atoms with Gasteiger partial charge in [0, 0.05) is 30.2 Å². The highest BCUT2D eigenvalue weighted by Crippen LogP contribution is 2.25. The van der Waals surface area contributed by atoms with Gasteiger partial charge >= 0.3 is 0 Å². The standard InChI is InChI=1S/C19H22N4/c1-5-23(6-2)19-21-14(4)17-11-16(12-20-18(17)22-19)15-9-7-13(3)8-10-15/h7-12H,5-6H2,1-4H3. The summed E-state index contributed by atoms with van der Waals surface area (Å²) in [5, 5.41) is 1.01. The van der Waals surface area contributed by atoms with Gasteiger partial charge in [0.25, 0.3) is 0 Å². The quantitative estimate of drug-likeness (QED) is 0.726. The summed E-state index contributed by atoms with van der Waals surface area (Å²) in [6.45, 7) is 10.1. The molecule has 0 N–H and O–H groups in total. The van der Waals surface area contributed by atoms with E-state index < -0.39 is 0 Å². The van der Waals surface area contributed by atoms with Crippen LogP contribution in [0, 0.1) is 13.8 Å². The molecule has 0 fully saturated rings. The predicted molar refractivity (Wildman–Crippen MR) is 95.8 cm³/mol. The molecule has 0 aliphatic rings. The highest BCUT2D eigenvalue weighted by atomic mass is 15.2. The molecule has 0 saturated carbocycles. The molecule has 118 valence electrons. The van der Waals surface area contributed by atoms with Crippen molar-refractivity contribution < 1.29 is 0 Å². The van der Waals surface area contributed by atoms with Crippen molar-refractivity contribution >= 4 is 17.0 Å². The molecule has 23 heavy (non-hydrogen) atoms. The van der Waals surface area contributed by atoms with Crippen LogP contribution in [0.4, 0.5) is 5.95 Å². The van der Waals surface area contributed by atoms with E-state index in [4.69, 9.17) is 0 Å². The largest absolute Gasteiger partial charge is 0.341 e. The van der Waals surface area contributed by atoms with Crippen molar-refractivity contribution in [1.82, 2.24) is 15.0 Å². The summed E-state index contributed by atoms with van der Waals surface area (Å²) in [6, 6.07) is 10.6. The molecule has 2 aromatic heterocycles. The van der Waals surface area contributed by atoms with Gasteiger partial charge in [0.15, 0.2) is 5.65 Å². The fourth-order valence-electron chi connectivity index (χ4n) is 2.69. The van der Waals surface area contributed by atoms with E-state index >= 15 is 0 Å². The smallest absolute Gasteiger partial charge is 0.227 e. The molecule has 4 nitrogen and oxygen atoms in total. The zero-order chi connectivity index (χ0) is 16.4. The number of hydrogen-bond acceptors (Lipinski definition) is 4. The Morgan fingerprint density at radius 3 is 2.26 bits per heavy atom. The molecule has 0 atom stereocenters. The van der Waals surface area contributed by atoms with E-state index in [1.165, 1.54) is 5.56 Å². The number of pyridine rings is 1. The number of aromatic nitrogens is 3. The van der Waals surface area contributed by atoms with Gasteiger partial charge in [0.05, 0.1) is 5.69 Å². The van der Waals surface area contributed by atoms with Crippen LogP contribution < -0.4 is 4.90 Å². The zero-order valence-electron chi connectivity index (χ0n) is 14.2. The Labute approximate surface area is 137 Å². The lowest BCUT2D eigenvalue weighted by Gasteiger charge is -2.19. The van der Waals surface area contributed by atoms with Crippen molar-refractivity contribution in [3.05, 3.63) is 47.8 Å². The van der Waals surface area contributed by atoms with E-state index in [9.17, 15) is 0 Å². The zero-order valence-corrected chi connectivity index (χ0v) is 14.2. The Balaban J connectivity index is 2.08. The van der Waals surface area contributed by atoms with E-state index in [1.807, 2.05) is 13.1 Å². The summed E-state index contributed by atoms with van der Waals surface area (Å²) >= 11 is 0. The molecule has 0 radical (unpaired) electrons. The maximum atomic E-state index is 4.67. The van der Waals surface area contributed by atoms with Crippen molar-refractivity contribution in [1.29, 1.82) is 0 Å². The van der Waals surface area contributed by atoms with Crippen molar-refractivity contribution in [3.63, 3.8) is 0 Å². The lowest BCUT2D eigenvalue weighted by Crippen LogP contribution is -2.24. The van der Waals surface area contributed by atoms with Gasteiger partial charge < -0.3 is 4.90 Å². The molecule has 0 aliphatic carbocycles. The second-order valence-electron chi connectivity index (χ2n) is 5.74. The SMILES string of the molecule is CCN(CC)c1nc(C)c2cc(-c3ccc(C)cc3)cnc2n1. The number of aryl methyl sites for hydroxylation is 2. The first-order valence-corrected chi connectivity index (χ1v) is 8.08. The maximum Gasteiger partial charge on any atom is 0.227 e. The van der Waals surface area contributed by atoms with E-state index in [1.54, 1.807) is 0 Å². The number of benzene rings is 1. The lowest BCUT2D eigenvalue weighted by atomic mass is 10.0. The van der Waals surface area contributed by atoms with Crippen LogP contribution >= 0.6 is 0 Å². The minimum Gasteiger partial charge on any atom is -0.341 e. The van der Waals surface area contributed by atoms with Crippen molar-refractivity contribution in [2.75, 3.05) is 18.0 Å². The molecule has 2 heterocycles. The topological polar surface area (TPSA) is 41.9 Å². The summed E-state index contributed by atoms with van der Waals surface area (Å²) in [5.74, 6) is 0.760. The molecular weight excluding hydrogens is 284 g/mol. The average Bonchev–Trinajstić information content (AvgIpc) is 2.56. The molecule has 0 saturated heterocycles. The highest BCUT2D eigenvalue weighted by molar-refractivity contribution is 5.83. The first-order chi connectivity index (χ1) is 11.1. The van der Waals surface area contributed by atoms with Crippen LogP contribution in [0.1, 0.15) is 25.1 Å². The van der Waals surface area contributed by atoms with E-state index in [-0.39, 0.29) is 0 Å². The normalized spacial score (nSPS) is 11.0. The second kappa shape index (κ2) is 6.32. The Morgan fingerprint density at radius 1 is 0.913 bits per heavy atom. The third kappa shape index (κ3) is 3.02. The minimum atomic E-state index is 0.760. The molecule has 3 rings (SSSR count). The monoisotopic (exact) mass is 306 g/mol. The minimum absolute atomic E-state index is 0.760. The van der Waals surface area contributed by atoms with E-state index in [0.29, 0.717) is 0 Å². The van der Waals surface area contributed by atoms with E-state index in [0.717, 1.165) is 46.9 Å². The van der Waals surface area contributed by atoms with Gasteiger partial charge in [-0.25, -0.2) is 9.97 Å². The van der Waals surface area contributed by atoms with E-state index in [2.05, 4.69) is 71.0 Å². The molecule has 0 aliphatic heterocycles. The number of hydrogen-bond donors (Lipinski definition) is 0. The van der Waals surface area contributed by atoms with Crippen LogP contribution in [0.2, 0.25) is 0 Å². The number of fused-ring (bicyclic) bond motifs is 1. The summed E-state index contributed by atoms with van der Waals surface area (Å²) in [6.07, 6.45) is 1.89. The van der Waals surface area contributed by atoms with Gasteiger partial charge in [-0.1, -0.05) is 29.8 Å². The van der Waals surface area contributed by atoms with Gasteiger partial charge in [-0.05, 0) is 39.3 Å². The predicted octanol–water partition coefficient (Wildman–Crippen LogP) is 4.15. The van der Waals surface area contributed by atoms with Crippen molar-refractivity contribution in [2.24, 2.45) is 0 Å². The van der Waals surface area contributed by atoms with Gasteiger partial charge in [0.2, 0.25) is 5.95 Å². The molecule has 1 aromatic carbocycles. The molecule has 4 heteroatoms. The fraction of sp³-hybridized carbons (Fsp3) is 0.316. The average molecular weight is 306 g/mol. The van der Waals surface area contributed by atoms with Crippen molar-refractivity contribution in [3.8, 4) is 11.1 Å². The summed E-state index contributed by atoms with van der Waals surface area (Å²) in [7, 11) is 0. The Morgan fingerprint density at radius 2 is 1.61 bits per heavy atom. The molecule has 0 spiro atoms. The summed E-state index contributed by atoms with van der Waals surface area (Å²) in [4.78, 5) is 16.0. The first-order valence-electron chi connectivity index (χ1n) is 8.08. The number of nitrogens with zero attached hydrogens (tertiary/aromatic N) is 4. The van der Waals surface area contributed by atoms with Gasteiger partial charge in [-0.15, -0.1) is 0 Å². The summed E-state index contributed by atoms with van der Waals surface area (Å²) < 4.78 is 0. The second-order valence-corrected chi connectivity index (χ2v) is 5.74. The van der Waals surface area contributed by atoms with Crippen molar-refractivity contribution in [2.45, 2.75) is 27.7 Å². The number of rotatable bonds is 4. The Hall–Kier alpha value is -2.49. The fourth-order valence-corrected chi connectivity index (χ4v) is 2.69. The molecule has 3 aromatic rings. The van der Waals surface area contributed by atoms with Crippen LogP contribution in [0.25, 0.3) is 22.2 Å². The molecular formula is C19H22N4. The summed E-state index contributed by atoms with van der Waals surface area (Å²) in [5.41, 5.74) is 5.25. The Bertz CT molecular complexity index is 821. The van der Waals surface area contributed by atoms with Gasteiger partial charge in [0.1, 0.15) is 0 Å². The molecule has 0 amide bonds. The van der Waals surface area contributed by atoms with Gasteiger partial charge in [-0.3, -0.25) is 0 Å². The maximum absolute atomic E-state index is 4.67. The highest BCUT2D eigenvalue weighted by Gasteiger charge is 2.11. The van der Waals surface area contributed by atoms with Crippen LogP contribution in [0.15, 0.2) is 36.5 Å². The molecule has 0 unspecified atom stereocenters. The molecule has 0 bridgehead atoms. The van der Waals surface area contributed by atoms with Crippen LogP contribution in [0.5, 0.6) is 0 Å². The first kappa shape index (κ1) is 15.4. The van der Waals surface area contributed by atoms with Crippen LogP contribution in [0.3, 0.4) is 0 Å². The van der Waals surface area contributed by atoms with Gasteiger partial charge in [-0.2, -0.15) is 4.98 Å². The third-order valence-corrected chi connectivity index (χ3v) is 4.16. The van der Waals surface area contributed by atoms with Crippen LogP contribution in [-0.2, 0) is 0 Å². The van der Waals surface area contributed by atoms with Crippen LogP contribution in [-0.4, -0.2) is 28.0 Å². The third-order valence-electron chi connectivity index (χ3n) is 4.16.